The normalized spacial score (nSPS) is 10.1. The highest BCUT2D eigenvalue weighted by atomic mass is 16.5. The van der Waals surface area contributed by atoms with Crippen LogP contribution in [0.15, 0.2) is 35.2 Å². The molecule has 3 N–H and O–H groups in total. The third-order valence-corrected chi connectivity index (χ3v) is 1.86. The molecular formula is C9H10N4O2. The van der Waals surface area contributed by atoms with Crippen LogP contribution in [0.1, 0.15) is 5.76 Å². The second kappa shape index (κ2) is 3.87. The number of nitrogens with zero attached hydrogens (tertiary/aromatic N) is 2. The van der Waals surface area contributed by atoms with Crippen LogP contribution in [0.4, 0.5) is 11.6 Å². The summed E-state index contributed by atoms with van der Waals surface area (Å²) in [7, 11) is 0. The van der Waals surface area contributed by atoms with Gasteiger partial charge in [0, 0.05) is 0 Å². The molecule has 0 aliphatic carbocycles. The third-order valence-electron chi connectivity index (χ3n) is 1.86. The number of hydrogen-bond donors (Lipinski definition) is 2. The lowest BCUT2D eigenvalue weighted by Gasteiger charge is -2.07. The van der Waals surface area contributed by atoms with Gasteiger partial charge in [0.2, 0.25) is 0 Å². The third kappa shape index (κ3) is 2.16. The maximum Gasteiger partial charge on any atom is 0.389 e. The van der Waals surface area contributed by atoms with Crippen LogP contribution in [0.25, 0.3) is 0 Å². The highest BCUT2D eigenvalue weighted by molar-refractivity contribution is 5.37. The highest BCUT2D eigenvalue weighted by Gasteiger charge is 2.02. The molecule has 0 saturated carbocycles. The minimum atomic E-state index is -0.0708. The lowest BCUT2D eigenvalue weighted by Crippen LogP contribution is -2.31. The first-order chi connectivity index (χ1) is 7.25. The van der Waals surface area contributed by atoms with E-state index in [1.54, 1.807) is 12.3 Å². The molecule has 0 unspecified atom stereocenters. The van der Waals surface area contributed by atoms with Crippen molar-refractivity contribution in [3.63, 3.8) is 0 Å². The minimum Gasteiger partial charge on any atom is -0.740 e. The van der Waals surface area contributed by atoms with Crippen molar-refractivity contribution in [3.05, 3.63) is 41.8 Å². The van der Waals surface area contributed by atoms with E-state index in [1.165, 1.54) is 12.4 Å². The van der Waals surface area contributed by atoms with Gasteiger partial charge in [-0.15, -0.1) is 0 Å². The van der Waals surface area contributed by atoms with Crippen LogP contribution >= 0.6 is 0 Å². The molecule has 0 bridgehead atoms. The fourth-order valence-electron chi connectivity index (χ4n) is 1.11. The van der Waals surface area contributed by atoms with Crippen LogP contribution in [0, 0.1) is 5.21 Å². The van der Waals surface area contributed by atoms with E-state index in [2.05, 4.69) is 10.3 Å². The summed E-state index contributed by atoms with van der Waals surface area (Å²) < 4.78 is 5.62. The quantitative estimate of drug-likeness (QED) is 0.563. The van der Waals surface area contributed by atoms with Crippen LogP contribution < -0.4 is 15.8 Å². The summed E-state index contributed by atoms with van der Waals surface area (Å²) in [6.45, 7) is 0.499. The Morgan fingerprint density at radius 1 is 1.60 bits per heavy atom. The van der Waals surface area contributed by atoms with E-state index >= 15 is 0 Å². The summed E-state index contributed by atoms with van der Waals surface area (Å²) in [6, 6.07) is 3.63. The zero-order chi connectivity index (χ0) is 10.7. The van der Waals surface area contributed by atoms with Crippen LogP contribution in [-0.4, -0.2) is 4.98 Å². The van der Waals surface area contributed by atoms with E-state index in [0.29, 0.717) is 17.0 Å². The first-order valence-corrected chi connectivity index (χ1v) is 4.36. The van der Waals surface area contributed by atoms with Crippen molar-refractivity contribution >= 4 is 11.6 Å². The van der Waals surface area contributed by atoms with Crippen molar-refractivity contribution in [1.29, 1.82) is 0 Å². The Bertz CT molecular complexity index is 441. The average Bonchev–Trinajstić information content (AvgIpc) is 2.73. The number of aromatic nitrogens is 2. The zero-order valence-electron chi connectivity index (χ0n) is 7.88. The van der Waals surface area contributed by atoms with Crippen LogP contribution in [0.2, 0.25) is 0 Å². The van der Waals surface area contributed by atoms with Gasteiger partial charge in [0.05, 0.1) is 19.0 Å². The van der Waals surface area contributed by atoms with E-state index < -0.39 is 0 Å². The molecule has 2 aromatic heterocycles. The summed E-state index contributed by atoms with van der Waals surface area (Å²) in [5, 5.41) is 14.0. The Morgan fingerprint density at radius 2 is 2.47 bits per heavy atom. The van der Waals surface area contributed by atoms with E-state index in [4.69, 9.17) is 10.2 Å². The van der Waals surface area contributed by atoms with Crippen molar-refractivity contribution in [2.45, 2.75) is 6.54 Å². The Hall–Kier alpha value is -2.24. The van der Waals surface area contributed by atoms with Gasteiger partial charge in [-0.3, -0.25) is 5.73 Å². The molecule has 0 amide bonds. The minimum absolute atomic E-state index is 0.0708. The maximum absolute atomic E-state index is 11.1. The number of nitrogens with one attached hydrogen (secondary N) is 1. The van der Waals surface area contributed by atoms with E-state index in [0.717, 1.165) is 5.76 Å². The SMILES string of the molecule is Nc1ncc(NCc2ccco2)c[n+]1[O-]. The zero-order valence-corrected chi connectivity index (χ0v) is 7.88. The summed E-state index contributed by atoms with van der Waals surface area (Å²) in [5.41, 5.74) is 5.87. The monoisotopic (exact) mass is 206 g/mol. The second-order valence-corrected chi connectivity index (χ2v) is 2.96. The van der Waals surface area contributed by atoms with Gasteiger partial charge < -0.3 is 14.9 Å². The standard InChI is InChI=1S/C9H10N4O2/c10-9-12-4-7(6-13(9)14)11-5-8-2-1-3-15-8/h1-4,6,11H,5H2,(H2,10,12). The molecule has 0 atom stereocenters. The summed E-state index contributed by atoms with van der Waals surface area (Å²) in [6.07, 6.45) is 4.41. The fourth-order valence-corrected chi connectivity index (χ4v) is 1.11. The van der Waals surface area contributed by atoms with E-state index in [-0.39, 0.29) is 5.95 Å². The molecule has 2 aromatic rings. The first kappa shape index (κ1) is 9.32. The Balaban J connectivity index is 2.02. The van der Waals surface area contributed by atoms with Gasteiger partial charge in [-0.05, 0) is 12.1 Å². The smallest absolute Gasteiger partial charge is 0.389 e. The number of rotatable bonds is 3. The number of anilines is 2. The predicted molar refractivity (Wildman–Crippen MR) is 53.6 cm³/mol. The predicted octanol–water partition coefficient (Wildman–Crippen LogP) is 0.502. The second-order valence-electron chi connectivity index (χ2n) is 2.96. The molecule has 78 valence electrons. The first-order valence-electron chi connectivity index (χ1n) is 4.36. The van der Waals surface area contributed by atoms with Gasteiger partial charge in [-0.2, -0.15) is 0 Å². The van der Waals surface area contributed by atoms with Crippen molar-refractivity contribution in [2.75, 3.05) is 11.1 Å². The lowest BCUT2D eigenvalue weighted by molar-refractivity contribution is -0.591. The molecule has 15 heavy (non-hydrogen) atoms. The Kier molecular flexibility index (Phi) is 2.40. The molecule has 2 heterocycles. The summed E-state index contributed by atoms with van der Waals surface area (Å²) in [4.78, 5) is 3.71. The number of nitrogens with two attached hydrogens (primary N) is 1. The maximum atomic E-state index is 11.1. The fraction of sp³-hybridized carbons (Fsp3) is 0.111. The van der Waals surface area contributed by atoms with Crippen LogP contribution in [-0.2, 0) is 6.54 Å². The van der Waals surface area contributed by atoms with Gasteiger partial charge in [-0.1, -0.05) is 4.98 Å². The van der Waals surface area contributed by atoms with Gasteiger partial charge in [0.15, 0.2) is 0 Å². The van der Waals surface area contributed by atoms with Crippen LogP contribution in [0.5, 0.6) is 0 Å². The Labute approximate surface area is 85.9 Å². The molecule has 2 rings (SSSR count). The van der Waals surface area contributed by atoms with E-state index in [9.17, 15) is 5.21 Å². The average molecular weight is 206 g/mol. The summed E-state index contributed by atoms with van der Waals surface area (Å²) >= 11 is 0. The number of furan rings is 1. The molecule has 0 spiro atoms. The number of nitrogen functional groups attached to an aromatic ring is 1. The molecular weight excluding hydrogens is 196 g/mol. The topological polar surface area (TPSA) is 91.0 Å². The Morgan fingerprint density at radius 3 is 3.13 bits per heavy atom. The molecule has 6 heteroatoms. The molecule has 0 saturated heterocycles. The van der Waals surface area contributed by atoms with Gasteiger partial charge in [0.25, 0.3) is 0 Å². The van der Waals surface area contributed by atoms with Gasteiger partial charge >= 0.3 is 5.95 Å². The van der Waals surface area contributed by atoms with Gasteiger partial charge in [0.1, 0.15) is 17.6 Å². The van der Waals surface area contributed by atoms with E-state index in [1.807, 2.05) is 6.07 Å². The largest absolute Gasteiger partial charge is 0.740 e. The lowest BCUT2D eigenvalue weighted by atomic mass is 10.4. The van der Waals surface area contributed by atoms with Crippen molar-refractivity contribution in [2.24, 2.45) is 0 Å². The van der Waals surface area contributed by atoms with Crippen molar-refractivity contribution in [3.8, 4) is 0 Å². The highest BCUT2D eigenvalue weighted by Crippen LogP contribution is 2.06. The van der Waals surface area contributed by atoms with Crippen molar-refractivity contribution < 1.29 is 9.15 Å². The van der Waals surface area contributed by atoms with Crippen LogP contribution in [0.3, 0.4) is 0 Å². The molecule has 0 fully saturated rings. The number of hydrogen-bond acceptors (Lipinski definition) is 5. The summed E-state index contributed by atoms with van der Waals surface area (Å²) in [5.74, 6) is 0.711. The molecule has 0 radical (unpaired) electrons. The van der Waals surface area contributed by atoms with Crippen molar-refractivity contribution in [1.82, 2.24) is 4.98 Å². The molecule has 6 nitrogen and oxygen atoms in total. The molecule has 0 aliphatic heterocycles. The van der Waals surface area contributed by atoms with Gasteiger partial charge in [-0.25, -0.2) is 4.73 Å². The molecule has 0 aliphatic rings. The molecule has 0 aromatic carbocycles.